The van der Waals surface area contributed by atoms with E-state index in [1.54, 1.807) is 48.1 Å². The van der Waals surface area contributed by atoms with E-state index in [4.69, 9.17) is 9.47 Å². The lowest BCUT2D eigenvalue weighted by Gasteiger charge is -2.13. The molecule has 0 atom stereocenters. The van der Waals surface area contributed by atoms with Crippen molar-refractivity contribution >= 4 is 17.4 Å². The second-order valence-electron chi connectivity index (χ2n) is 6.24. The first kappa shape index (κ1) is 19.2. The number of aromatic nitrogens is 1. The molecule has 0 saturated carbocycles. The van der Waals surface area contributed by atoms with Crippen molar-refractivity contribution in [2.75, 3.05) is 11.9 Å². The van der Waals surface area contributed by atoms with Gasteiger partial charge in [0, 0.05) is 18.8 Å². The minimum Gasteiger partial charge on any atom is -0.494 e. The normalized spacial score (nSPS) is 10.4. The molecule has 0 saturated heterocycles. The Kier molecular flexibility index (Phi) is 5.79. The molecule has 6 heteroatoms. The van der Waals surface area contributed by atoms with E-state index in [2.05, 4.69) is 5.32 Å². The van der Waals surface area contributed by atoms with Gasteiger partial charge >= 0.3 is 0 Å². The molecule has 0 aliphatic heterocycles. The lowest BCUT2D eigenvalue weighted by molar-refractivity contribution is 0.101. The number of ether oxygens (including phenoxy) is 2. The SMILES string of the molecule is CCOc1ccc(Oc2ccccc2NC(=O)c2cc(C(C)=O)cn2C)cc1. The number of Topliss-reactive ketones (excluding diaryl/α,β-unsaturated/α-hetero) is 1. The quantitative estimate of drug-likeness (QED) is 0.607. The molecule has 3 rings (SSSR count). The molecule has 144 valence electrons. The van der Waals surface area contributed by atoms with E-state index in [-0.39, 0.29) is 11.7 Å². The summed E-state index contributed by atoms with van der Waals surface area (Å²) in [5.41, 5.74) is 1.42. The van der Waals surface area contributed by atoms with Crippen molar-refractivity contribution in [3.63, 3.8) is 0 Å². The Labute approximate surface area is 163 Å². The number of nitrogens with zero attached hydrogens (tertiary/aromatic N) is 1. The summed E-state index contributed by atoms with van der Waals surface area (Å²) < 4.78 is 13.0. The largest absolute Gasteiger partial charge is 0.494 e. The number of anilines is 1. The molecule has 0 bridgehead atoms. The number of benzene rings is 2. The zero-order valence-corrected chi connectivity index (χ0v) is 16.1. The van der Waals surface area contributed by atoms with E-state index in [9.17, 15) is 9.59 Å². The lowest BCUT2D eigenvalue weighted by atomic mass is 10.2. The van der Waals surface area contributed by atoms with E-state index in [0.29, 0.717) is 35.1 Å². The fraction of sp³-hybridized carbons (Fsp3) is 0.182. The van der Waals surface area contributed by atoms with Gasteiger partial charge in [-0.15, -0.1) is 0 Å². The first-order valence-corrected chi connectivity index (χ1v) is 8.96. The molecule has 1 N–H and O–H groups in total. The van der Waals surface area contributed by atoms with Crippen LogP contribution < -0.4 is 14.8 Å². The number of amides is 1. The summed E-state index contributed by atoms with van der Waals surface area (Å²) in [4.78, 5) is 24.2. The maximum absolute atomic E-state index is 12.7. The second-order valence-corrected chi connectivity index (χ2v) is 6.24. The summed E-state index contributed by atoms with van der Waals surface area (Å²) in [5, 5.41) is 2.85. The molecule has 0 unspecified atom stereocenters. The van der Waals surface area contributed by atoms with E-state index >= 15 is 0 Å². The second kappa shape index (κ2) is 8.43. The van der Waals surface area contributed by atoms with E-state index in [1.807, 2.05) is 31.2 Å². The van der Waals surface area contributed by atoms with Gasteiger partial charge in [0.25, 0.3) is 5.91 Å². The van der Waals surface area contributed by atoms with Crippen LogP contribution in [0.4, 0.5) is 5.69 Å². The Bertz CT molecular complexity index is 990. The van der Waals surface area contributed by atoms with Crippen molar-refractivity contribution in [3.8, 4) is 17.2 Å². The van der Waals surface area contributed by atoms with Crippen molar-refractivity contribution in [1.82, 2.24) is 4.57 Å². The van der Waals surface area contributed by atoms with Crippen LogP contribution in [0.15, 0.2) is 60.8 Å². The molecule has 0 radical (unpaired) electrons. The zero-order chi connectivity index (χ0) is 20.1. The summed E-state index contributed by atoms with van der Waals surface area (Å²) in [6.45, 7) is 3.99. The molecule has 1 aromatic heterocycles. The van der Waals surface area contributed by atoms with Crippen molar-refractivity contribution in [3.05, 3.63) is 72.1 Å². The summed E-state index contributed by atoms with van der Waals surface area (Å²) in [7, 11) is 1.73. The van der Waals surface area contributed by atoms with Gasteiger partial charge in [-0.3, -0.25) is 9.59 Å². The number of rotatable bonds is 7. The Balaban J connectivity index is 1.78. The highest BCUT2D eigenvalue weighted by atomic mass is 16.5. The lowest BCUT2D eigenvalue weighted by Crippen LogP contribution is -2.15. The van der Waals surface area contributed by atoms with Gasteiger partial charge < -0.3 is 19.4 Å². The summed E-state index contributed by atoms with van der Waals surface area (Å²) in [6, 6.07) is 16.0. The fourth-order valence-electron chi connectivity index (χ4n) is 2.73. The fourth-order valence-corrected chi connectivity index (χ4v) is 2.73. The minimum absolute atomic E-state index is 0.0890. The molecule has 3 aromatic rings. The van der Waals surface area contributed by atoms with Crippen LogP contribution in [0.5, 0.6) is 17.2 Å². The third-order valence-electron chi connectivity index (χ3n) is 4.14. The van der Waals surface area contributed by atoms with Crippen LogP contribution >= 0.6 is 0 Å². The number of hydrogen-bond acceptors (Lipinski definition) is 4. The summed E-state index contributed by atoms with van der Waals surface area (Å²) in [6.07, 6.45) is 1.64. The van der Waals surface area contributed by atoms with Crippen LogP contribution in [0.2, 0.25) is 0 Å². The third-order valence-corrected chi connectivity index (χ3v) is 4.14. The topological polar surface area (TPSA) is 69.6 Å². The van der Waals surface area contributed by atoms with Crippen LogP contribution in [0.1, 0.15) is 34.7 Å². The monoisotopic (exact) mass is 378 g/mol. The Morgan fingerprint density at radius 3 is 2.36 bits per heavy atom. The van der Waals surface area contributed by atoms with Crippen molar-refractivity contribution in [2.24, 2.45) is 7.05 Å². The van der Waals surface area contributed by atoms with Gasteiger partial charge in [0.05, 0.1) is 12.3 Å². The molecule has 6 nitrogen and oxygen atoms in total. The molecular formula is C22H22N2O4. The average molecular weight is 378 g/mol. The molecule has 0 fully saturated rings. The molecule has 0 aliphatic carbocycles. The van der Waals surface area contributed by atoms with Gasteiger partial charge in [-0.1, -0.05) is 12.1 Å². The number of carbonyl (C=O) groups excluding carboxylic acids is 2. The summed E-state index contributed by atoms with van der Waals surface area (Å²) >= 11 is 0. The number of nitrogens with one attached hydrogen (secondary N) is 1. The van der Waals surface area contributed by atoms with Crippen molar-refractivity contribution in [1.29, 1.82) is 0 Å². The number of aryl methyl sites for hydroxylation is 1. The highest BCUT2D eigenvalue weighted by Crippen LogP contribution is 2.30. The summed E-state index contributed by atoms with van der Waals surface area (Å²) in [5.74, 6) is 1.50. The van der Waals surface area contributed by atoms with Crippen LogP contribution in [0.3, 0.4) is 0 Å². The van der Waals surface area contributed by atoms with E-state index in [1.165, 1.54) is 6.92 Å². The smallest absolute Gasteiger partial charge is 0.272 e. The molecule has 0 aliphatic rings. The Hall–Kier alpha value is -3.54. The van der Waals surface area contributed by atoms with Crippen molar-refractivity contribution in [2.45, 2.75) is 13.8 Å². The van der Waals surface area contributed by atoms with Crippen LogP contribution in [-0.4, -0.2) is 22.9 Å². The highest BCUT2D eigenvalue weighted by molar-refractivity contribution is 6.06. The first-order chi connectivity index (χ1) is 13.5. The molecule has 1 heterocycles. The van der Waals surface area contributed by atoms with Crippen LogP contribution in [0, 0.1) is 0 Å². The van der Waals surface area contributed by atoms with E-state index < -0.39 is 0 Å². The minimum atomic E-state index is -0.322. The maximum atomic E-state index is 12.7. The van der Waals surface area contributed by atoms with E-state index in [0.717, 1.165) is 5.75 Å². The molecular weight excluding hydrogens is 356 g/mol. The Morgan fingerprint density at radius 1 is 1.04 bits per heavy atom. The van der Waals surface area contributed by atoms with Crippen molar-refractivity contribution < 1.29 is 19.1 Å². The average Bonchev–Trinajstić information content (AvgIpc) is 3.07. The number of ketones is 1. The first-order valence-electron chi connectivity index (χ1n) is 8.96. The number of carbonyl (C=O) groups is 2. The van der Waals surface area contributed by atoms with Gasteiger partial charge in [-0.2, -0.15) is 0 Å². The number of para-hydroxylation sites is 2. The predicted octanol–water partition coefficient (Wildman–Crippen LogP) is 4.67. The number of hydrogen-bond donors (Lipinski definition) is 1. The van der Waals surface area contributed by atoms with Gasteiger partial charge in [-0.25, -0.2) is 0 Å². The standard InChI is InChI=1S/C22H22N2O4/c1-4-27-17-9-11-18(12-10-17)28-21-8-6-5-7-19(21)23-22(26)20-13-16(15(2)25)14-24(20)3/h5-14H,4H2,1-3H3,(H,23,26). The van der Waals surface area contributed by atoms with Gasteiger partial charge in [0.1, 0.15) is 17.2 Å². The van der Waals surface area contributed by atoms with Gasteiger partial charge in [-0.05, 0) is 56.3 Å². The maximum Gasteiger partial charge on any atom is 0.272 e. The molecule has 2 aromatic carbocycles. The molecule has 0 spiro atoms. The predicted molar refractivity (Wildman–Crippen MR) is 107 cm³/mol. The molecule has 1 amide bonds. The van der Waals surface area contributed by atoms with Gasteiger partial charge in [0.2, 0.25) is 0 Å². The van der Waals surface area contributed by atoms with Crippen LogP contribution in [0.25, 0.3) is 0 Å². The Morgan fingerprint density at radius 2 is 1.71 bits per heavy atom. The van der Waals surface area contributed by atoms with Gasteiger partial charge in [0.15, 0.2) is 11.5 Å². The van der Waals surface area contributed by atoms with Crippen LogP contribution in [-0.2, 0) is 7.05 Å². The molecule has 28 heavy (non-hydrogen) atoms. The highest BCUT2D eigenvalue weighted by Gasteiger charge is 2.16. The zero-order valence-electron chi connectivity index (χ0n) is 16.1. The third kappa shape index (κ3) is 4.40.